The number of ketones is 1. The van der Waals surface area contributed by atoms with Gasteiger partial charge < -0.3 is 0 Å². The Morgan fingerprint density at radius 2 is 1.40 bits per heavy atom. The van der Waals surface area contributed by atoms with Crippen molar-refractivity contribution in [1.82, 2.24) is 0 Å². The highest BCUT2D eigenvalue weighted by atomic mass is 19.4. The molecule has 0 amide bonds. The first-order valence-corrected chi connectivity index (χ1v) is 3.84. The summed E-state index contributed by atoms with van der Waals surface area (Å²) in [4.78, 5) is 10.4. The van der Waals surface area contributed by atoms with Gasteiger partial charge in [-0.25, -0.2) is 0 Å². The molecule has 0 aromatic carbocycles. The van der Waals surface area contributed by atoms with Crippen LogP contribution < -0.4 is 0 Å². The molecule has 0 rings (SSSR count). The van der Waals surface area contributed by atoms with Crippen LogP contribution in [0, 0.1) is 0 Å². The molecule has 0 aliphatic heterocycles. The highest BCUT2D eigenvalue weighted by molar-refractivity contribution is 5.86. The van der Waals surface area contributed by atoms with Crippen LogP contribution in [-0.2, 0) is 4.79 Å². The van der Waals surface area contributed by atoms with Gasteiger partial charge in [0.05, 0.1) is 0 Å². The van der Waals surface area contributed by atoms with Crippen molar-refractivity contribution in [1.29, 1.82) is 0 Å². The Kier molecular flexibility index (Phi) is 3.76. The summed E-state index contributed by atoms with van der Waals surface area (Å²) in [6, 6.07) is 0. The first kappa shape index (κ1) is 14.2. The third-order valence-electron chi connectivity index (χ3n) is 1.58. The van der Waals surface area contributed by atoms with Crippen LogP contribution in [0.2, 0.25) is 0 Å². The minimum Gasteiger partial charge on any atom is -0.293 e. The molecular weight excluding hydrogens is 233 g/mol. The zero-order chi connectivity index (χ0) is 12.5. The minimum atomic E-state index is -6.44. The van der Waals surface area contributed by atoms with E-state index in [1.807, 2.05) is 0 Å². The molecule has 0 spiro atoms. The molecule has 90 valence electrons. The average molecular weight is 240 g/mol. The van der Waals surface area contributed by atoms with Gasteiger partial charge in [-0.15, -0.1) is 0 Å². The molecule has 0 radical (unpaired) electrons. The van der Waals surface area contributed by atoms with E-state index in [0.717, 1.165) is 0 Å². The van der Waals surface area contributed by atoms with Crippen LogP contribution in [0.15, 0.2) is 0 Å². The number of rotatable bonds is 4. The molecule has 0 saturated heterocycles. The lowest BCUT2D eigenvalue weighted by molar-refractivity contribution is -0.343. The Morgan fingerprint density at radius 1 is 1.00 bits per heavy atom. The lowest BCUT2D eigenvalue weighted by Gasteiger charge is -2.26. The molecule has 0 bridgehead atoms. The molecule has 0 heterocycles. The normalized spacial score (nSPS) is 14.1. The highest BCUT2D eigenvalue weighted by Gasteiger charge is 2.75. The van der Waals surface area contributed by atoms with Gasteiger partial charge in [0.25, 0.3) is 0 Å². The van der Waals surface area contributed by atoms with Crippen LogP contribution in [0.3, 0.4) is 0 Å². The maximum absolute atomic E-state index is 12.5. The second-order valence-electron chi connectivity index (χ2n) is 2.82. The van der Waals surface area contributed by atoms with Crippen LogP contribution in [-0.4, -0.2) is 23.8 Å². The van der Waals surface area contributed by atoms with Crippen LogP contribution in [0.5, 0.6) is 0 Å². The summed E-state index contributed by atoms with van der Waals surface area (Å²) < 4.78 is 83.9. The van der Waals surface area contributed by atoms with Gasteiger partial charge >= 0.3 is 18.0 Å². The number of alkyl halides is 7. The largest absolute Gasteiger partial charge is 0.460 e. The Labute approximate surface area is 80.2 Å². The summed E-state index contributed by atoms with van der Waals surface area (Å²) in [7, 11) is 0. The van der Waals surface area contributed by atoms with Gasteiger partial charge in [-0.05, 0) is 6.42 Å². The summed E-state index contributed by atoms with van der Waals surface area (Å²) >= 11 is 0. The molecule has 1 nitrogen and oxygen atoms in total. The van der Waals surface area contributed by atoms with Gasteiger partial charge in [0.1, 0.15) is 0 Å². The quantitative estimate of drug-likeness (QED) is 0.689. The maximum Gasteiger partial charge on any atom is 0.460 e. The van der Waals surface area contributed by atoms with Gasteiger partial charge in [-0.2, -0.15) is 30.7 Å². The minimum absolute atomic E-state index is 0.234. The van der Waals surface area contributed by atoms with Crippen molar-refractivity contribution in [2.24, 2.45) is 0 Å². The molecule has 0 N–H and O–H groups in total. The van der Waals surface area contributed by atoms with E-state index in [2.05, 4.69) is 0 Å². The Hall–Kier alpha value is -0.820. The summed E-state index contributed by atoms with van der Waals surface area (Å²) in [5.74, 6) is -14.4. The van der Waals surface area contributed by atoms with E-state index in [4.69, 9.17) is 0 Å². The van der Waals surface area contributed by atoms with Crippen molar-refractivity contribution in [3.05, 3.63) is 0 Å². The number of halogens is 7. The number of Topliss-reactive ketones (excluding diaryl/α,β-unsaturated/α-hetero) is 1. The fraction of sp³-hybridized carbons (Fsp3) is 0.857. The van der Waals surface area contributed by atoms with Crippen molar-refractivity contribution in [3.63, 3.8) is 0 Å². The number of carbonyl (C=O) groups excluding carboxylic acids is 1. The molecule has 0 aromatic rings. The second-order valence-corrected chi connectivity index (χ2v) is 2.82. The summed E-state index contributed by atoms with van der Waals surface area (Å²) in [6.07, 6.45) is -7.71. The lowest BCUT2D eigenvalue weighted by atomic mass is 10.0. The molecule has 0 aliphatic rings. The number of carbonyl (C=O) groups is 1. The molecule has 0 unspecified atom stereocenters. The van der Waals surface area contributed by atoms with Crippen molar-refractivity contribution in [2.45, 2.75) is 37.8 Å². The van der Waals surface area contributed by atoms with Crippen molar-refractivity contribution < 1.29 is 35.5 Å². The topological polar surface area (TPSA) is 17.1 Å². The summed E-state index contributed by atoms with van der Waals surface area (Å²) in [5, 5.41) is 0. The maximum atomic E-state index is 12.5. The predicted molar refractivity (Wildman–Crippen MR) is 35.9 cm³/mol. The van der Waals surface area contributed by atoms with Gasteiger partial charge in [-0.1, -0.05) is 6.92 Å². The van der Waals surface area contributed by atoms with E-state index in [-0.39, 0.29) is 6.42 Å². The molecule has 0 saturated carbocycles. The molecule has 0 aromatic heterocycles. The van der Waals surface area contributed by atoms with Crippen LogP contribution in [0.4, 0.5) is 30.7 Å². The lowest BCUT2D eigenvalue weighted by Crippen LogP contribution is -2.56. The SMILES string of the molecule is CCCC(=O)C(F)(F)C(F)(F)C(F)(F)F. The van der Waals surface area contributed by atoms with E-state index < -0.39 is 30.2 Å². The van der Waals surface area contributed by atoms with Gasteiger partial charge in [0.2, 0.25) is 5.78 Å². The smallest absolute Gasteiger partial charge is 0.293 e. The molecule has 0 atom stereocenters. The average Bonchev–Trinajstić information content (AvgIpc) is 2.02. The third kappa shape index (κ3) is 2.40. The van der Waals surface area contributed by atoms with E-state index in [9.17, 15) is 35.5 Å². The molecular formula is C7H7F7O. The summed E-state index contributed by atoms with van der Waals surface area (Å²) in [6.45, 7) is 1.21. The van der Waals surface area contributed by atoms with E-state index in [1.54, 1.807) is 0 Å². The third-order valence-corrected chi connectivity index (χ3v) is 1.58. The first-order valence-electron chi connectivity index (χ1n) is 3.84. The molecule has 15 heavy (non-hydrogen) atoms. The zero-order valence-electron chi connectivity index (χ0n) is 7.47. The number of hydrogen-bond donors (Lipinski definition) is 0. The summed E-state index contributed by atoms with van der Waals surface area (Å²) in [5.41, 5.74) is 0. The monoisotopic (exact) mass is 240 g/mol. The molecule has 0 fully saturated rings. The first-order chi connectivity index (χ1) is 6.48. The zero-order valence-corrected chi connectivity index (χ0v) is 7.47. The molecule has 8 heteroatoms. The Morgan fingerprint density at radius 3 is 1.67 bits per heavy atom. The van der Waals surface area contributed by atoms with Crippen molar-refractivity contribution in [3.8, 4) is 0 Å². The van der Waals surface area contributed by atoms with Crippen LogP contribution >= 0.6 is 0 Å². The molecule has 0 aliphatic carbocycles. The van der Waals surface area contributed by atoms with Gasteiger partial charge in [0, 0.05) is 6.42 Å². The van der Waals surface area contributed by atoms with Crippen molar-refractivity contribution >= 4 is 5.78 Å². The highest BCUT2D eigenvalue weighted by Crippen LogP contribution is 2.47. The fourth-order valence-corrected chi connectivity index (χ4v) is 0.737. The standard InChI is InChI=1S/C7H7F7O/c1-2-3-4(15)5(8,9)6(10,11)7(12,13)14/h2-3H2,1H3. The van der Waals surface area contributed by atoms with E-state index in [0.29, 0.717) is 0 Å². The van der Waals surface area contributed by atoms with Gasteiger partial charge in [0.15, 0.2) is 0 Å². The predicted octanol–water partition coefficient (Wildman–Crippen LogP) is 3.19. The van der Waals surface area contributed by atoms with Crippen molar-refractivity contribution in [2.75, 3.05) is 0 Å². The second kappa shape index (κ2) is 3.97. The van der Waals surface area contributed by atoms with Gasteiger partial charge in [-0.3, -0.25) is 4.79 Å². The van der Waals surface area contributed by atoms with E-state index in [1.165, 1.54) is 6.92 Å². The van der Waals surface area contributed by atoms with E-state index >= 15 is 0 Å². The fourth-order valence-electron chi connectivity index (χ4n) is 0.737. The Balaban J connectivity index is 5.10. The van der Waals surface area contributed by atoms with Crippen LogP contribution in [0.25, 0.3) is 0 Å². The Bertz CT molecular complexity index is 242. The number of hydrogen-bond acceptors (Lipinski definition) is 1. The van der Waals surface area contributed by atoms with Crippen LogP contribution in [0.1, 0.15) is 19.8 Å².